The Morgan fingerprint density at radius 2 is 1.65 bits per heavy atom. The van der Waals surface area contributed by atoms with Gasteiger partial charge in [-0.3, -0.25) is 0 Å². The van der Waals surface area contributed by atoms with E-state index in [1.54, 1.807) is 0 Å². The number of guanidine groups is 1. The Morgan fingerprint density at radius 1 is 0.957 bits per heavy atom. The molecule has 0 bridgehead atoms. The van der Waals surface area contributed by atoms with E-state index in [-0.39, 0.29) is 0 Å². The Bertz CT molecular complexity index is 686. The molecule has 0 amide bonds. The highest BCUT2D eigenvalue weighted by Crippen LogP contribution is 2.33. The molecule has 0 aliphatic carbocycles. The Labute approximate surface area is 138 Å². The standard InChI is InChI=1S/C19H24N4/c1-15-7-6-10-17(16-8-4-3-5-9-16)18(15)21-19(20)23-13-11-22(2)12-14-23/h3-10H,11-14H2,1-2H3,(H2,20,21). The maximum absolute atomic E-state index is 6.30. The maximum atomic E-state index is 6.30. The highest BCUT2D eigenvalue weighted by molar-refractivity contribution is 5.87. The van der Waals surface area contributed by atoms with Crippen LogP contribution in [0.25, 0.3) is 11.1 Å². The quantitative estimate of drug-likeness (QED) is 0.685. The molecular weight excluding hydrogens is 284 g/mol. The van der Waals surface area contributed by atoms with Crippen LogP contribution in [0.1, 0.15) is 5.56 Å². The van der Waals surface area contributed by atoms with Gasteiger partial charge in [-0.15, -0.1) is 0 Å². The van der Waals surface area contributed by atoms with Crippen LogP contribution >= 0.6 is 0 Å². The van der Waals surface area contributed by atoms with E-state index in [0.717, 1.165) is 43.0 Å². The van der Waals surface area contributed by atoms with Crippen molar-refractivity contribution in [1.29, 1.82) is 0 Å². The van der Waals surface area contributed by atoms with Crippen molar-refractivity contribution in [3.8, 4) is 11.1 Å². The molecule has 0 atom stereocenters. The molecule has 0 spiro atoms. The number of aryl methyl sites for hydroxylation is 1. The van der Waals surface area contributed by atoms with Crippen molar-refractivity contribution in [3.05, 3.63) is 54.1 Å². The van der Waals surface area contributed by atoms with Crippen LogP contribution < -0.4 is 5.73 Å². The molecular formula is C19H24N4. The van der Waals surface area contributed by atoms with E-state index in [9.17, 15) is 0 Å². The molecule has 2 aromatic carbocycles. The lowest BCUT2D eigenvalue weighted by Crippen LogP contribution is -2.49. The molecule has 4 nitrogen and oxygen atoms in total. The molecule has 23 heavy (non-hydrogen) atoms. The SMILES string of the molecule is Cc1cccc(-c2ccccc2)c1N=C(N)N1CCN(C)CC1. The lowest BCUT2D eigenvalue weighted by molar-refractivity contribution is 0.214. The fourth-order valence-electron chi connectivity index (χ4n) is 2.88. The number of nitrogens with two attached hydrogens (primary N) is 1. The number of hydrogen-bond acceptors (Lipinski definition) is 2. The molecule has 1 fully saturated rings. The van der Waals surface area contributed by atoms with E-state index in [1.807, 2.05) is 6.07 Å². The minimum Gasteiger partial charge on any atom is -0.369 e. The predicted octanol–water partition coefficient (Wildman–Crippen LogP) is 2.86. The molecule has 0 unspecified atom stereocenters. The number of para-hydroxylation sites is 1. The van der Waals surface area contributed by atoms with Crippen LogP contribution in [0.5, 0.6) is 0 Å². The lowest BCUT2D eigenvalue weighted by atomic mass is 10.0. The molecule has 2 aromatic rings. The summed E-state index contributed by atoms with van der Waals surface area (Å²) in [4.78, 5) is 9.27. The minimum absolute atomic E-state index is 0.615. The van der Waals surface area contributed by atoms with Crippen molar-refractivity contribution >= 4 is 11.6 Å². The number of rotatable bonds is 2. The molecule has 0 saturated carbocycles. The van der Waals surface area contributed by atoms with Gasteiger partial charge in [-0.2, -0.15) is 0 Å². The molecule has 3 rings (SSSR count). The summed E-state index contributed by atoms with van der Waals surface area (Å²) < 4.78 is 0. The first kappa shape index (κ1) is 15.6. The van der Waals surface area contributed by atoms with Crippen LogP contribution in [0.2, 0.25) is 0 Å². The zero-order valence-electron chi connectivity index (χ0n) is 13.9. The van der Waals surface area contributed by atoms with Crippen LogP contribution in [0.4, 0.5) is 5.69 Å². The van der Waals surface area contributed by atoms with Crippen LogP contribution in [0.3, 0.4) is 0 Å². The Balaban J connectivity index is 1.95. The van der Waals surface area contributed by atoms with Gasteiger partial charge in [-0.1, -0.05) is 48.5 Å². The normalized spacial score (nSPS) is 16.6. The van der Waals surface area contributed by atoms with Gasteiger partial charge in [0.25, 0.3) is 0 Å². The second-order valence-corrected chi connectivity index (χ2v) is 6.10. The van der Waals surface area contributed by atoms with Gasteiger partial charge < -0.3 is 15.5 Å². The number of benzene rings is 2. The van der Waals surface area contributed by atoms with Crippen molar-refractivity contribution in [2.24, 2.45) is 10.7 Å². The van der Waals surface area contributed by atoms with Crippen LogP contribution in [0.15, 0.2) is 53.5 Å². The molecule has 4 heteroatoms. The first-order valence-electron chi connectivity index (χ1n) is 8.08. The van der Waals surface area contributed by atoms with Gasteiger partial charge in [-0.25, -0.2) is 4.99 Å². The monoisotopic (exact) mass is 308 g/mol. The largest absolute Gasteiger partial charge is 0.369 e. The Morgan fingerprint density at radius 3 is 2.35 bits per heavy atom. The van der Waals surface area contributed by atoms with E-state index in [2.05, 4.69) is 66.2 Å². The van der Waals surface area contributed by atoms with E-state index in [0.29, 0.717) is 5.96 Å². The first-order valence-corrected chi connectivity index (χ1v) is 8.08. The molecule has 1 heterocycles. The van der Waals surface area contributed by atoms with Crippen molar-refractivity contribution in [2.45, 2.75) is 6.92 Å². The fraction of sp³-hybridized carbons (Fsp3) is 0.316. The molecule has 0 aromatic heterocycles. The van der Waals surface area contributed by atoms with Gasteiger partial charge in [-0.05, 0) is 25.1 Å². The van der Waals surface area contributed by atoms with E-state index in [4.69, 9.17) is 10.7 Å². The highest BCUT2D eigenvalue weighted by Gasteiger charge is 2.16. The molecule has 2 N–H and O–H groups in total. The second-order valence-electron chi connectivity index (χ2n) is 6.10. The molecule has 1 aliphatic heterocycles. The third-order valence-electron chi connectivity index (χ3n) is 4.38. The van der Waals surface area contributed by atoms with Crippen LogP contribution in [0, 0.1) is 6.92 Å². The van der Waals surface area contributed by atoms with E-state index >= 15 is 0 Å². The third kappa shape index (κ3) is 3.54. The van der Waals surface area contributed by atoms with Crippen molar-refractivity contribution in [1.82, 2.24) is 9.80 Å². The summed E-state index contributed by atoms with van der Waals surface area (Å²) in [6, 6.07) is 16.6. The minimum atomic E-state index is 0.615. The fourth-order valence-corrected chi connectivity index (χ4v) is 2.88. The summed E-state index contributed by atoms with van der Waals surface area (Å²) in [5.74, 6) is 0.615. The predicted molar refractivity (Wildman–Crippen MR) is 97.0 cm³/mol. The smallest absolute Gasteiger partial charge is 0.196 e. The van der Waals surface area contributed by atoms with Crippen molar-refractivity contribution < 1.29 is 0 Å². The topological polar surface area (TPSA) is 44.9 Å². The lowest BCUT2D eigenvalue weighted by Gasteiger charge is -2.33. The zero-order chi connectivity index (χ0) is 16.2. The summed E-state index contributed by atoms with van der Waals surface area (Å²) in [5.41, 5.74) is 10.7. The number of nitrogens with zero attached hydrogens (tertiary/aromatic N) is 3. The Kier molecular flexibility index (Phi) is 4.63. The van der Waals surface area contributed by atoms with E-state index < -0.39 is 0 Å². The summed E-state index contributed by atoms with van der Waals surface area (Å²) in [7, 11) is 2.14. The molecule has 1 saturated heterocycles. The zero-order valence-corrected chi connectivity index (χ0v) is 13.9. The van der Waals surface area contributed by atoms with Crippen molar-refractivity contribution in [3.63, 3.8) is 0 Å². The summed E-state index contributed by atoms with van der Waals surface area (Å²) in [5, 5.41) is 0. The summed E-state index contributed by atoms with van der Waals surface area (Å²) in [6.07, 6.45) is 0. The van der Waals surface area contributed by atoms with Gasteiger partial charge in [0.1, 0.15) is 0 Å². The van der Waals surface area contributed by atoms with Gasteiger partial charge in [0.15, 0.2) is 5.96 Å². The average Bonchev–Trinajstić information content (AvgIpc) is 2.58. The number of piperazine rings is 1. The van der Waals surface area contributed by atoms with Crippen LogP contribution in [-0.2, 0) is 0 Å². The highest BCUT2D eigenvalue weighted by atomic mass is 15.3. The van der Waals surface area contributed by atoms with Gasteiger partial charge >= 0.3 is 0 Å². The number of hydrogen-bond donors (Lipinski definition) is 1. The number of aliphatic imine (C=N–C) groups is 1. The Hall–Kier alpha value is -2.33. The van der Waals surface area contributed by atoms with E-state index in [1.165, 1.54) is 5.56 Å². The van der Waals surface area contributed by atoms with Gasteiger partial charge in [0.05, 0.1) is 5.69 Å². The van der Waals surface area contributed by atoms with Gasteiger partial charge in [0, 0.05) is 31.7 Å². The summed E-state index contributed by atoms with van der Waals surface area (Å²) >= 11 is 0. The van der Waals surface area contributed by atoms with Gasteiger partial charge in [0.2, 0.25) is 0 Å². The first-order chi connectivity index (χ1) is 11.1. The van der Waals surface area contributed by atoms with Crippen LogP contribution in [-0.4, -0.2) is 49.0 Å². The molecule has 120 valence electrons. The average molecular weight is 308 g/mol. The second kappa shape index (κ2) is 6.84. The molecule has 1 aliphatic rings. The maximum Gasteiger partial charge on any atom is 0.196 e. The third-order valence-corrected chi connectivity index (χ3v) is 4.38. The number of likely N-dealkylation sites (N-methyl/N-ethyl adjacent to an activating group) is 1. The molecule has 0 radical (unpaired) electrons. The van der Waals surface area contributed by atoms with Crippen molar-refractivity contribution in [2.75, 3.05) is 33.2 Å². The summed E-state index contributed by atoms with van der Waals surface area (Å²) in [6.45, 7) is 5.99.